The van der Waals surface area contributed by atoms with E-state index in [1.807, 2.05) is 7.11 Å². The van der Waals surface area contributed by atoms with Gasteiger partial charge in [0.05, 0.1) is 0 Å². The summed E-state index contributed by atoms with van der Waals surface area (Å²) >= 11 is 0. The fraction of sp³-hybridized carbons (Fsp3) is 1.00. The third-order valence-corrected chi connectivity index (χ3v) is 5.73. The zero-order chi connectivity index (χ0) is 14.1. The standard InChI is InChI=1S/C16H30N2O2/c1-10(2)12-8-17-13-4-5-14(19-3)18-16(13)15(12)11-6-7-20-9-11/h10-18H,4-9H2,1-3H3/t11?,12?,13?,14?,15-,16?/m1/s1. The van der Waals surface area contributed by atoms with Crippen LogP contribution in [0.4, 0.5) is 0 Å². The van der Waals surface area contributed by atoms with Crippen molar-refractivity contribution >= 4 is 0 Å². The summed E-state index contributed by atoms with van der Waals surface area (Å²) in [6.45, 7) is 7.80. The molecule has 0 spiro atoms. The zero-order valence-electron chi connectivity index (χ0n) is 13.1. The molecule has 4 heteroatoms. The Morgan fingerprint density at radius 2 is 2.05 bits per heavy atom. The maximum atomic E-state index is 5.69. The molecule has 3 heterocycles. The van der Waals surface area contributed by atoms with Gasteiger partial charge < -0.3 is 14.8 Å². The average molecular weight is 282 g/mol. The SMILES string of the molecule is COC1CCC2NCC(C(C)C)[C@@H](C3CCOC3)C2N1. The molecule has 3 fully saturated rings. The topological polar surface area (TPSA) is 42.5 Å². The van der Waals surface area contributed by atoms with Crippen LogP contribution in [0.1, 0.15) is 33.1 Å². The number of hydrogen-bond acceptors (Lipinski definition) is 4. The van der Waals surface area contributed by atoms with E-state index in [1.54, 1.807) is 0 Å². The second-order valence-corrected chi connectivity index (χ2v) is 7.12. The monoisotopic (exact) mass is 282 g/mol. The van der Waals surface area contributed by atoms with Crippen LogP contribution in [0.5, 0.6) is 0 Å². The lowest BCUT2D eigenvalue weighted by Crippen LogP contribution is -2.66. The van der Waals surface area contributed by atoms with Crippen LogP contribution in [0, 0.1) is 23.7 Å². The molecule has 0 radical (unpaired) electrons. The summed E-state index contributed by atoms with van der Waals surface area (Å²) in [4.78, 5) is 0. The van der Waals surface area contributed by atoms with Crippen LogP contribution in [0.2, 0.25) is 0 Å². The normalized spacial score (nSPS) is 45.6. The Morgan fingerprint density at radius 3 is 2.70 bits per heavy atom. The molecule has 4 nitrogen and oxygen atoms in total. The molecule has 3 aliphatic heterocycles. The first-order chi connectivity index (χ1) is 9.70. The van der Waals surface area contributed by atoms with E-state index in [1.165, 1.54) is 19.4 Å². The highest BCUT2D eigenvalue weighted by Gasteiger charge is 2.47. The first-order valence-electron chi connectivity index (χ1n) is 8.30. The fourth-order valence-corrected chi connectivity index (χ4v) is 4.59. The minimum atomic E-state index is 0.230. The van der Waals surface area contributed by atoms with Gasteiger partial charge in [-0.3, -0.25) is 5.32 Å². The van der Waals surface area contributed by atoms with Gasteiger partial charge in [0.25, 0.3) is 0 Å². The summed E-state index contributed by atoms with van der Waals surface area (Å²) < 4.78 is 11.3. The van der Waals surface area contributed by atoms with Crippen molar-refractivity contribution in [3.8, 4) is 0 Å². The maximum absolute atomic E-state index is 5.69. The molecule has 6 atom stereocenters. The first-order valence-corrected chi connectivity index (χ1v) is 8.30. The van der Waals surface area contributed by atoms with Crippen LogP contribution in [0.15, 0.2) is 0 Å². The van der Waals surface area contributed by atoms with Crippen molar-refractivity contribution < 1.29 is 9.47 Å². The Morgan fingerprint density at radius 1 is 1.20 bits per heavy atom. The Labute approximate surface area is 123 Å². The lowest BCUT2D eigenvalue weighted by Gasteiger charge is -2.51. The molecular formula is C16H30N2O2. The maximum Gasteiger partial charge on any atom is 0.108 e. The number of rotatable bonds is 3. The van der Waals surface area contributed by atoms with Crippen molar-refractivity contribution in [2.75, 3.05) is 26.9 Å². The zero-order valence-corrected chi connectivity index (χ0v) is 13.1. The van der Waals surface area contributed by atoms with Crippen molar-refractivity contribution in [3.05, 3.63) is 0 Å². The van der Waals surface area contributed by atoms with E-state index in [0.29, 0.717) is 12.1 Å². The van der Waals surface area contributed by atoms with Crippen molar-refractivity contribution in [2.24, 2.45) is 23.7 Å². The number of fused-ring (bicyclic) bond motifs is 1. The Hall–Kier alpha value is -0.160. The second-order valence-electron chi connectivity index (χ2n) is 7.12. The van der Waals surface area contributed by atoms with E-state index in [9.17, 15) is 0 Å². The largest absolute Gasteiger partial charge is 0.381 e. The quantitative estimate of drug-likeness (QED) is 0.825. The number of piperidine rings is 2. The van der Waals surface area contributed by atoms with Gasteiger partial charge in [0.15, 0.2) is 0 Å². The lowest BCUT2D eigenvalue weighted by atomic mass is 9.66. The lowest BCUT2D eigenvalue weighted by molar-refractivity contribution is -0.0282. The van der Waals surface area contributed by atoms with E-state index in [0.717, 1.165) is 43.3 Å². The van der Waals surface area contributed by atoms with E-state index in [-0.39, 0.29) is 6.23 Å². The summed E-state index contributed by atoms with van der Waals surface area (Å²) in [5, 5.41) is 7.57. The molecule has 0 aromatic rings. The molecule has 20 heavy (non-hydrogen) atoms. The van der Waals surface area contributed by atoms with E-state index >= 15 is 0 Å². The van der Waals surface area contributed by atoms with Crippen LogP contribution in [0.3, 0.4) is 0 Å². The molecule has 116 valence electrons. The van der Waals surface area contributed by atoms with E-state index in [2.05, 4.69) is 24.5 Å². The van der Waals surface area contributed by atoms with Gasteiger partial charge in [-0.2, -0.15) is 0 Å². The highest BCUT2D eigenvalue weighted by Crippen LogP contribution is 2.40. The second kappa shape index (κ2) is 6.30. The highest BCUT2D eigenvalue weighted by atomic mass is 16.5. The Bertz CT molecular complexity index is 318. The van der Waals surface area contributed by atoms with Crippen LogP contribution >= 0.6 is 0 Å². The minimum absolute atomic E-state index is 0.230. The molecule has 5 unspecified atom stereocenters. The van der Waals surface area contributed by atoms with Crippen LogP contribution in [0.25, 0.3) is 0 Å². The summed E-state index contributed by atoms with van der Waals surface area (Å²) in [5.74, 6) is 2.91. The third-order valence-electron chi connectivity index (χ3n) is 5.73. The number of methoxy groups -OCH3 is 1. The van der Waals surface area contributed by atoms with Crippen LogP contribution in [-0.2, 0) is 9.47 Å². The van der Waals surface area contributed by atoms with Gasteiger partial charge in [0.2, 0.25) is 0 Å². The number of hydrogen-bond donors (Lipinski definition) is 2. The van der Waals surface area contributed by atoms with Crippen LogP contribution < -0.4 is 10.6 Å². The summed E-state index contributed by atoms with van der Waals surface area (Å²) in [6.07, 6.45) is 3.81. The molecule has 0 amide bonds. The average Bonchev–Trinajstić information content (AvgIpc) is 2.99. The Balaban J connectivity index is 1.80. The smallest absolute Gasteiger partial charge is 0.108 e. The number of nitrogens with one attached hydrogen (secondary N) is 2. The summed E-state index contributed by atoms with van der Waals surface area (Å²) in [6, 6.07) is 1.16. The molecule has 2 N–H and O–H groups in total. The molecule has 0 aromatic heterocycles. The van der Waals surface area contributed by atoms with Crippen molar-refractivity contribution in [1.82, 2.24) is 10.6 Å². The predicted octanol–water partition coefficient (Wildman–Crippen LogP) is 1.61. The fourth-order valence-electron chi connectivity index (χ4n) is 4.59. The van der Waals surface area contributed by atoms with Gasteiger partial charge in [0, 0.05) is 32.4 Å². The molecule has 0 aliphatic carbocycles. The summed E-state index contributed by atoms with van der Waals surface area (Å²) in [7, 11) is 1.82. The third kappa shape index (κ3) is 2.76. The predicted molar refractivity (Wildman–Crippen MR) is 79.5 cm³/mol. The van der Waals surface area contributed by atoms with Gasteiger partial charge in [-0.15, -0.1) is 0 Å². The molecule has 0 saturated carbocycles. The first kappa shape index (κ1) is 14.8. The van der Waals surface area contributed by atoms with Gasteiger partial charge in [-0.25, -0.2) is 0 Å². The van der Waals surface area contributed by atoms with Gasteiger partial charge in [0.1, 0.15) is 6.23 Å². The van der Waals surface area contributed by atoms with Gasteiger partial charge in [-0.05, 0) is 49.5 Å². The van der Waals surface area contributed by atoms with Gasteiger partial charge in [-0.1, -0.05) is 13.8 Å². The minimum Gasteiger partial charge on any atom is -0.381 e. The summed E-state index contributed by atoms with van der Waals surface area (Å²) in [5.41, 5.74) is 0. The van der Waals surface area contributed by atoms with Crippen LogP contribution in [-0.4, -0.2) is 45.2 Å². The molecular weight excluding hydrogens is 252 g/mol. The Kier molecular flexibility index (Phi) is 4.65. The molecule has 0 bridgehead atoms. The number of ether oxygens (including phenoxy) is 2. The van der Waals surface area contributed by atoms with Gasteiger partial charge >= 0.3 is 0 Å². The molecule has 3 rings (SSSR count). The molecule has 0 aromatic carbocycles. The van der Waals surface area contributed by atoms with Crippen molar-refractivity contribution in [2.45, 2.75) is 51.4 Å². The molecule has 3 aliphatic rings. The van der Waals surface area contributed by atoms with E-state index in [4.69, 9.17) is 9.47 Å². The van der Waals surface area contributed by atoms with Crippen molar-refractivity contribution in [1.29, 1.82) is 0 Å². The van der Waals surface area contributed by atoms with Crippen molar-refractivity contribution in [3.63, 3.8) is 0 Å². The highest BCUT2D eigenvalue weighted by molar-refractivity contribution is 5.02. The molecule has 3 saturated heterocycles. The van der Waals surface area contributed by atoms with E-state index < -0.39 is 0 Å².